The molecule has 4 aromatic rings. The Bertz CT molecular complexity index is 1480. The number of halogens is 2. The Morgan fingerprint density at radius 2 is 1.84 bits per heavy atom. The predicted octanol–water partition coefficient (Wildman–Crippen LogP) is 4.94. The highest BCUT2D eigenvalue weighted by Crippen LogP contribution is 2.63. The molecule has 3 atom stereocenters. The second-order valence-electron chi connectivity index (χ2n) is 10.9. The standard InChI is InChI=1S/C29H30F2N6/c1-19-18-34(2)13-14-35(19)23-6-3-20(4-7-23)24-17-32-37-12-10-27(33-28(24)37)36-11-9-21-16-29(21,36)25-15-22(30)5-8-26(25)31/h3-8,10,12,15,17,19,21H,9,11,13-14,16,18H2,1-2H3/t19-,21+,29-/m1/s1. The van der Waals surface area contributed by atoms with E-state index in [9.17, 15) is 8.78 Å². The molecule has 0 bridgehead atoms. The highest BCUT2D eigenvalue weighted by atomic mass is 19.1. The summed E-state index contributed by atoms with van der Waals surface area (Å²) in [5, 5.41) is 4.54. The number of likely N-dealkylation sites (N-methyl/N-ethyl adjacent to an activating group) is 1. The van der Waals surface area contributed by atoms with Crippen molar-refractivity contribution in [2.24, 2.45) is 5.92 Å². The molecule has 0 N–H and O–H groups in total. The number of anilines is 2. The van der Waals surface area contributed by atoms with Crippen molar-refractivity contribution in [3.05, 3.63) is 78.1 Å². The lowest BCUT2D eigenvalue weighted by Crippen LogP contribution is -2.50. The van der Waals surface area contributed by atoms with E-state index in [2.05, 4.69) is 58.0 Å². The zero-order chi connectivity index (χ0) is 25.3. The first-order valence-electron chi connectivity index (χ1n) is 13.1. The Balaban J connectivity index is 1.22. The molecule has 4 heterocycles. The number of rotatable bonds is 4. The molecule has 2 aromatic heterocycles. The average Bonchev–Trinajstić information content (AvgIpc) is 3.27. The van der Waals surface area contributed by atoms with Crippen LogP contribution in [0.4, 0.5) is 20.3 Å². The van der Waals surface area contributed by atoms with Crippen LogP contribution in [0.15, 0.2) is 60.9 Å². The summed E-state index contributed by atoms with van der Waals surface area (Å²) in [6.45, 7) is 6.17. The number of nitrogens with zero attached hydrogens (tertiary/aromatic N) is 6. The van der Waals surface area contributed by atoms with Crippen molar-refractivity contribution >= 4 is 17.2 Å². The van der Waals surface area contributed by atoms with Gasteiger partial charge in [0.15, 0.2) is 5.65 Å². The van der Waals surface area contributed by atoms with E-state index in [4.69, 9.17) is 4.98 Å². The average molecular weight is 501 g/mol. The van der Waals surface area contributed by atoms with Gasteiger partial charge in [-0.15, -0.1) is 0 Å². The van der Waals surface area contributed by atoms with Crippen molar-refractivity contribution in [3.63, 3.8) is 0 Å². The zero-order valence-corrected chi connectivity index (χ0v) is 21.1. The van der Waals surface area contributed by atoms with E-state index in [0.29, 0.717) is 17.5 Å². The van der Waals surface area contributed by atoms with Gasteiger partial charge in [-0.1, -0.05) is 12.1 Å². The molecule has 8 heteroatoms. The van der Waals surface area contributed by atoms with Crippen LogP contribution >= 0.6 is 0 Å². The third-order valence-electron chi connectivity index (χ3n) is 8.62. The van der Waals surface area contributed by atoms with Crippen molar-refractivity contribution in [3.8, 4) is 11.1 Å². The van der Waals surface area contributed by atoms with E-state index in [1.54, 1.807) is 4.52 Å². The molecule has 3 aliphatic rings. The monoisotopic (exact) mass is 500 g/mol. The van der Waals surface area contributed by atoms with Crippen LogP contribution in [-0.4, -0.2) is 58.8 Å². The van der Waals surface area contributed by atoms with Gasteiger partial charge < -0.3 is 14.7 Å². The first-order valence-corrected chi connectivity index (χ1v) is 13.1. The van der Waals surface area contributed by atoms with Crippen LogP contribution in [0.2, 0.25) is 0 Å². The fraction of sp³-hybridized carbons (Fsp3) is 0.379. The van der Waals surface area contributed by atoms with Crippen molar-refractivity contribution in [1.29, 1.82) is 0 Å². The first kappa shape index (κ1) is 22.7. The fourth-order valence-electron chi connectivity index (χ4n) is 6.67. The third-order valence-corrected chi connectivity index (χ3v) is 8.62. The summed E-state index contributed by atoms with van der Waals surface area (Å²) >= 11 is 0. The lowest BCUT2D eigenvalue weighted by atomic mass is 10.0. The van der Waals surface area contributed by atoms with E-state index in [-0.39, 0.29) is 5.82 Å². The minimum atomic E-state index is -0.515. The van der Waals surface area contributed by atoms with E-state index in [0.717, 1.165) is 61.6 Å². The van der Waals surface area contributed by atoms with Crippen LogP contribution in [-0.2, 0) is 5.54 Å². The molecule has 2 aliphatic heterocycles. The van der Waals surface area contributed by atoms with E-state index in [1.165, 1.54) is 23.9 Å². The topological polar surface area (TPSA) is 39.9 Å². The first-order chi connectivity index (χ1) is 17.9. The molecule has 190 valence electrons. The second kappa shape index (κ2) is 8.25. The summed E-state index contributed by atoms with van der Waals surface area (Å²) < 4.78 is 30.7. The maximum atomic E-state index is 14.8. The molecule has 2 aromatic carbocycles. The molecule has 6 nitrogen and oxygen atoms in total. The Labute approximate surface area is 215 Å². The van der Waals surface area contributed by atoms with Gasteiger partial charge in [0.2, 0.25) is 0 Å². The van der Waals surface area contributed by atoms with Crippen LogP contribution in [0.25, 0.3) is 16.8 Å². The zero-order valence-electron chi connectivity index (χ0n) is 21.1. The molecule has 1 aliphatic carbocycles. The molecule has 1 saturated carbocycles. The maximum Gasteiger partial charge on any atom is 0.165 e. The molecule has 0 radical (unpaired) electrons. The smallest absolute Gasteiger partial charge is 0.165 e. The molecular weight excluding hydrogens is 470 g/mol. The second-order valence-corrected chi connectivity index (χ2v) is 10.9. The largest absolute Gasteiger partial charge is 0.366 e. The van der Waals surface area contributed by atoms with Crippen LogP contribution in [0.1, 0.15) is 25.3 Å². The van der Waals surface area contributed by atoms with Crippen LogP contribution in [0.3, 0.4) is 0 Å². The number of aromatic nitrogens is 3. The molecule has 3 fully saturated rings. The molecule has 0 spiro atoms. The summed E-state index contributed by atoms with van der Waals surface area (Å²) in [4.78, 5) is 12.0. The minimum absolute atomic E-state index is 0.315. The number of hydrogen-bond acceptors (Lipinski definition) is 5. The quantitative estimate of drug-likeness (QED) is 0.397. The van der Waals surface area contributed by atoms with Crippen molar-refractivity contribution in [2.75, 3.05) is 43.0 Å². The Morgan fingerprint density at radius 3 is 2.62 bits per heavy atom. The van der Waals surface area contributed by atoms with Gasteiger partial charge in [-0.2, -0.15) is 5.10 Å². The number of benzene rings is 2. The lowest BCUT2D eigenvalue weighted by Gasteiger charge is -2.39. The van der Waals surface area contributed by atoms with Crippen molar-refractivity contribution in [2.45, 2.75) is 31.3 Å². The minimum Gasteiger partial charge on any atom is -0.366 e. The van der Waals surface area contributed by atoms with Gasteiger partial charge in [-0.3, -0.25) is 0 Å². The highest BCUT2D eigenvalue weighted by Gasteiger charge is 2.64. The lowest BCUT2D eigenvalue weighted by molar-refractivity contribution is 0.275. The van der Waals surface area contributed by atoms with Crippen LogP contribution < -0.4 is 9.80 Å². The van der Waals surface area contributed by atoms with Gasteiger partial charge in [0.25, 0.3) is 0 Å². The molecule has 0 amide bonds. The van der Waals surface area contributed by atoms with Crippen molar-refractivity contribution in [1.82, 2.24) is 19.5 Å². The Kier molecular flexibility index (Phi) is 5.05. The van der Waals surface area contributed by atoms with Gasteiger partial charge in [-0.25, -0.2) is 18.3 Å². The summed E-state index contributed by atoms with van der Waals surface area (Å²) in [7, 11) is 2.17. The molecule has 37 heavy (non-hydrogen) atoms. The van der Waals surface area contributed by atoms with Gasteiger partial charge in [0, 0.05) is 55.2 Å². The van der Waals surface area contributed by atoms with E-state index >= 15 is 0 Å². The van der Waals surface area contributed by atoms with E-state index < -0.39 is 11.4 Å². The maximum absolute atomic E-state index is 14.8. The summed E-state index contributed by atoms with van der Waals surface area (Å²) in [6.07, 6.45) is 5.53. The predicted molar refractivity (Wildman–Crippen MR) is 141 cm³/mol. The number of fused-ring (bicyclic) bond motifs is 2. The SMILES string of the molecule is C[C@@H]1CN(C)CCN1c1ccc(-c2cnn3ccc(N4CC[C@H]5C[C@]54c4cc(F)ccc4F)nc23)cc1. The molecule has 2 saturated heterocycles. The third kappa shape index (κ3) is 3.53. The molecule has 0 unspecified atom stereocenters. The highest BCUT2D eigenvalue weighted by molar-refractivity contribution is 5.79. The van der Waals surface area contributed by atoms with Crippen LogP contribution in [0, 0.1) is 17.6 Å². The number of piperazine rings is 1. The van der Waals surface area contributed by atoms with Gasteiger partial charge in [0.1, 0.15) is 17.5 Å². The van der Waals surface area contributed by atoms with Crippen LogP contribution in [0.5, 0.6) is 0 Å². The summed E-state index contributed by atoms with van der Waals surface area (Å²) in [6, 6.07) is 14.8. The number of hydrogen-bond donors (Lipinski definition) is 0. The van der Waals surface area contributed by atoms with Gasteiger partial charge >= 0.3 is 0 Å². The van der Waals surface area contributed by atoms with Gasteiger partial charge in [0.05, 0.1) is 11.7 Å². The van der Waals surface area contributed by atoms with Gasteiger partial charge in [-0.05, 0) is 74.7 Å². The Morgan fingerprint density at radius 1 is 1.00 bits per heavy atom. The Hall–Kier alpha value is -3.52. The normalized spacial score (nSPS) is 25.6. The van der Waals surface area contributed by atoms with Crippen molar-refractivity contribution < 1.29 is 8.78 Å². The number of piperidine rings is 1. The molecular formula is C29H30F2N6. The molecule has 7 rings (SSSR count). The van der Waals surface area contributed by atoms with E-state index in [1.807, 2.05) is 18.5 Å². The summed E-state index contributed by atoms with van der Waals surface area (Å²) in [5.41, 5.74) is 3.93. The fourth-order valence-corrected chi connectivity index (χ4v) is 6.67. The summed E-state index contributed by atoms with van der Waals surface area (Å²) in [5.74, 6) is 0.340.